The summed E-state index contributed by atoms with van der Waals surface area (Å²) in [5.74, 6) is 1.20. The topological polar surface area (TPSA) is 67.0 Å². The minimum Gasteiger partial charge on any atom is -0.377 e. The number of amides is 1. The van der Waals surface area contributed by atoms with Crippen molar-refractivity contribution in [2.75, 3.05) is 6.61 Å². The van der Waals surface area contributed by atoms with Gasteiger partial charge in [-0.3, -0.25) is 4.79 Å². The number of rotatable bonds is 3. The zero-order chi connectivity index (χ0) is 14.4. The number of carbonyl (C=O) groups excluding carboxylic acids is 1. The Morgan fingerprint density at radius 2 is 2.33 bits per heavy atom. The molecular weight excluding hydrogens is 266 g/mol. The van der Waals surface area contributed by atoms with Crippen molar-refractivity contribution in [1.29, 1.82) is 0 Å². The molecule has 5 nitrogen and oxygen atoms in total. The molecule has 1 saturated heterocycles. The first kappa shape index (κ1) is 12.8. The fourth-order valence-corrected chi connectivity index (χ4v) is 3.81. The quantitative estimate of drug-likeness (QED) is 0.907. The lowest BCUT2D eigenvalue weighted by Crippen LogP contribution is -2.61. The highest BCUT2D eigenvalue weighted by atomic mass is 16.5. The van der Waals surface area contributed by atoms with Crippen LogP contribution < -0.4 is 5.32 Å². The molecule has 2 fully saturated rings. The first-order chi connectivity index (χ1) is 10.3. The Kier molecular flexibility index (Phi) is 2.96. The van der Waals surface area contributed by atoms with Crippen LogP contribution >= 0.6 is 0 Å². The average Bonchev–Trinajstić information content (AvgIpc) is 3.09. The second kappa shape index (κ2) is 4.84. The number of nitrogens with one attached hydrogen (secondary N) is 2. The Labute approximate surface area is 123 Å². The van der Waals surface area contributed by atoms with Gasteiger partial charge in [0, 0.05) is 24.5 Å². The van der Waals surface area contributed by atoms with Crippen LogP contribution in [0.25, 0.3) is 11.0 Å². The zero-order valence-corrected chi connectivity index (χ0v) is 12.0. The van der Waals surface area contributed by atoms with E-state index in [0.29, 0.717) is 23.8 Å². The molecule has 4 rings (SSSR count). The molecule has 1 amide bonds. The van der Waals surface area contributed by atoms with E-state index < -0.39 is 0 Å². The molecule has 0 spiro atoms. The number of hydrogen-bond acceptors (Lipinski definition) is 3. The van der Waals surface area contributed by atoms with Crippen molar-refractivity contribution in [3.63, 3.8) is 0 Å². The maximum atomic E-state index is 12.4. The molecule has 110 valence electrons. The normalized spacial score (nSPS) is 30.9. The van der Waals surface area contributed by atoms with Crippen molar-refractivity contribution in [2.24, 2.45) is 11.8 Å². The molecule has 0 bridgehead atoms. The molecule has 0 radical (unpaired) electrons. The van der Waals surface area contributed by atoms with Crippen molar-refractivity contribution in [3.8, 4) is 0 Å². The largest absolute Gasteiger partial charge is 0.377 e. The van der Waals surface area contributed by atoms with Crippen molar-refractivity contribution in [1.82, 2.24) is 15.3 Å². The van der Waals surface area contributed by atoms with Gasteiger partial charge in [-0.15, -0.1) is 0 Å². The van der Waals surface area contributed by atoms with Crippen LogP contribution in [0.5, 0.6) is 0 Å². The number of aromatic amines is 1. The van der Waals surface area contributed by atoms with Crippen LogP contribution in [0.15, 0.2) is 24.3 Å². The molecule has 0 unspecified atom stereocenters. The van der Waals surface area contributed by atoms with Gasteiger partial charge in [-0.25, -0.2) is 4.98 Å². The SMILES string of the molecule is CC[C@H]1[C@H](NC(=O)c2nc3ccccc3[nH]2)[C@H]2CCO[C@H]21. The Morgan fingerprint density at radius 1 is 1.48 bits per heavy atom. The Balaban J connectivity index is 1.52. The number of carbonyl (C=O) groups is 1. The zero-order valence-electron chi connectivity index (χ0n) is 12.0. The standard InChI is InChI=1S/C16H19N3O2/c1-2-9-13(10-7-8-21-14(9)10)19-16(20)15-17-11-5-3-4-6-12(11)18-15/h3-6,9-10,13-14H,2,7-8H2,1H3,(H,17,18)(H,19,20)/t9-,10+,13-,14-/m0/s1. The number of H-pyrrole nitrogens is 1. The van der Waals surface area contributed by atoms with E-state index in [1.807, 2.05) is 24.3 Å². The number of aromatic nitrogens is 2. The predicted molar refractivity (Wildman–Crippen MR) is 79.0 cm³/mol. The maximum absolute atomic E-state index is 12.4. The molecule has 1 saturated carbocycles. The first-order valence-electron chi connectivity index (χ1n) is 7.65. The summed E-state index contributed by atoms with van der Waals surface area (Å²) in [5.41, 5.74) is 1.72. The molecule has 2 aliphatic rings. The van der Waals surface area contributed by atoms with Gasteiger partial charge in [-0.1, -0.05) is 19.1 Å². The van der Waals surface area contributed by atoms with Crippen molar-refractivity contribution in [2.45, 2.75) is 31.9 Å². The fraction of sp³-hybridized carbons (Fsp3) is 0.500. The van der Waals surface area contributed by atoms with Crippen LogP contribution in [0.2, 0.25) is 0 Å². The monoisotopic (exact) mass is 285 g/mol. The van der Waals surface area contributed by atoms with Crippen molar-refractivity contribution >= 4 is 16.9 Å². The number of benzene rings is 1. The maximum Gasteiger partial charge on any atom is 0.287 e. The summed E-state index contributed by atoms with van der Waals surface area (Å²) in [6, 6.07) is 7.91. The smallest absolute Gasteiger partial charge is 0.287 e. The van der Waals surface area contributed by atoms with E-state index in [1.54, 1.807) is 0 Å². The molecule has 5 heteroatoms. The molecule has 2 heterocycles. The predicted octanol–water partition coefficient (Wildman–Crippen LogP) is 2.11. The third kappa shape index (κ3) is 1.95. The summed E-state index contributed by atoms with van der Waals surface area (Å²) < 4.78 is 5.75. The lowest BCUT2D eigenvalue weighted by Gasteiger charge is -2.47. The Hall–Kier alpha value is -1.88. The third-order valence-corrected chi connectivity index (χ3v) is 4.90. The second-order valence-electron chi connectivity index (χ2n) is 5.96. The van der Waals surface area contributed by atoms with E-state index in [9.17, 15) is 4.79 Å². The minimum absolute atomic E-state index is 0.111. The highest BCUT2D eigenvalue weighted by molar-refractivity contribution is 5.94. The van der Waals surface area contributed by atoms with E-state index in [-0.39, 0.29) is 11.9 Å². The molecule has 1 aliphatic heterocycles. The van der Waals surface area contributed by atoms with Gasteiger partial charge in [-0.05, 0) is 25.0 Å². The summed E-state index contributed by atoms with van der Waals surface area (Å²) >= 11 is 0. The summed E-state index contributed by atoms with van der Waals surface area (Å²) in [4.78, 5) is 19.9. The summed E-state index contributed by atoms with van der Waals surface area (Å²) in [5, 5.41) is 3.15. The van der Waals surface area contributed by atoms with E-state index in [0.717, 1.165) is 30.5 Å². The van der Waals surface area contributed by atoms with Gasteiger partial charge in [0.1, 0.15) is 0 Å². The van der Waals surface area contributed by atoms with Gasteiger partial charge in [0.2, 0.25) is 0 Å². The van der Waals surface area contributed by atoms with Gasteiger partial charge < -0.3 is 15.0 Å². The van der Waals surface area contributed by atoms with Crippen molar-refractivity contribution in [3.05, 3.63) is 30.1 Å². The highest BCUT2D eigenvalue weighted by Gasteiger charge is 2.53. The minimum atomic E-state index is -0.111. The summed E-state index contributed by atoms with van der Waals surface area (Å²) in [7, 11) is 0. The number of para-hydroxylation sites is 2. The molecule has 1 aromatic heterocycles. The second-order valence-corrected chi connectivity index (χ2v) is 5.96. The Morgan fingerprint density at radius 3 is 3.14 bits per heavy atom. The van der Waals surface area contributed by atoms with Gasteiger partial charge in [0.15, 0.2) is 5.82 Å². The van der Waals surface area contributed by atoms with E-state index >= 15 is 0 Å². The number of ether oxygens (including phenoxy) is 1. The number of nitrogens with zero attached hydrogens (tertiary/aromatic N) is 1. The molecule has 21 heavy (non-hydrogen) atoms. The van der Waals surface area contributed by atoms with Gasteiger partial charge in [0.25, 0.3) is 5.91 Å². The third-order valence-electron chi connectivity index (χ3n) is 4.90. The van der Waals surface area contributed by atoms with E-state index in [4.69, 9.17) is 4.74 Å². The fourth-order valence-electron chi connectivity index (χ4n) is 3.81. The number of hydrogen-bond donors (Lipinski definition) is 2. The summed E-state index contributed by atoms with van der Waals surface area (Å²) in [6.07, 6.45) is 2.43. The number of imidazole rings is 1. The Bertz CT molecular complexity index is 648. The van der Waals surface area contributed by atoms with Crippen LogP contribution in [0.1, 0.15) is 30.4 Å². The van der Waals surface area contributed by atoms with Gasteiger partial charge in [-0.2, -0.15) is 0 Å². The van der Waals surface area contributed by atoms with Crippen LogP contribution in [0, 0.1) is 11.8 Å². The van der Waals surface area contributed by atoms with Gasteiger partial charge in [0.05, 0.1) is 17.1 Å². The van der Waals surface area contributed by atoms with Crippen LogP contribution in [-0.4, -0.2) is 34.6 Å². The van der Waals surface area contributed by atoms with Crippen LogP contribution in [0.3, 0.4) is 0 Å². The lowest BCUT2D eigenvalue weighted by atomic mass is 9.65. The van der Waals surface area contributed by atoms with Crippen molar-refractivity contribution < 1.29 is 9.53 Å². The summed E-state index contributed by atoms with van der Waals surface area (Å²) in [6.45, 7) is 2.98. The number of fused-ring (bicyclic) bond motifs is 2. The molecule has 1 aliphatic carbocycles. The molecule has 2 aromatic rings. The molecule has 4 atom stereocenters. The van der Waals surface area contributed by atoms with E-state index in [1.165, 1.54) is 0 Å². The van der Waals surface area contributed by atoms with Crippen LogP contribution in [-0.2, 0) is 4.74 Å². The lowest BCUT2D eigenvalue weighted by molar-refractivity contribution is -0.0546. The first-order valence-corrected chi connectivity index (χ1v) is 7.65. The molecule has 2 N–H and O–H groups in total. The molecule has 1 aromatic carbocycles. The van der Waals surface area contributed by atoms with Crippen LogP contribution in [0.4, 0.5) is 0 Å². The van der Waals surface area contributed by atoms with Gasteiger partial charge >= 0.3 is 0 Å². The van der Waals surface area contributed by atoms with E-state index in [2.05, 4.69) is 22.2 Å². The molecular formula is C16H19N3O2. The highest BCUT2D eigenvalue weighted by Crippen LogP contribution is 2.45. The average molecular weight is 285 g/mol.